The molecule has 1 aromatic carbocycles. The van der Waals surface area contributed by atoms with Crippen LogP contribution in [0.1, 0.15) is 36.8 Å². The van der Waals surface area contributed by atoms with Crippen molar-refractivity contribution in [3.8, 4) is 0 Å². The number of aliphatic hydroxyl groups excluding tert-OH is 1. The molecule has 2 aromatic rings. The summed E-state index contributed by atoms with van der Waals surface area (Å²) in [6.07, 6.45) is 4.66. The highest BCUT2D eigenvalue weighted by atomic mass is 16.3. The third-order valence-electron chi connectivity index (χ3n) is 4.59. The molecule has 0 unspecified atom stereocenters. The van der Waals surface area contributed by atoms with Crippen molar-refractivity contribution in [1.29, 1.82) is 0 Å². The van der Waals surface area contributed by atoms with Gasteiger partial charge in [-0.3, -0.25) is 9.78 Å². The molecule has 0 saturated heterocycles. The first-order valence-corrected chi connectivity index (χ1v) is 7.94. The molecule has 4 heteroatoms. The van der Waals surface area contributed by atoms with E-state index in [0.717, 1.165) is 41.3 Å². The summed E-state index contributed by atoms with van der Waals surface area (Å²) < 4.78 is 0. The minimum absolute atomic E-state index is 0.0547. The highest BCUT2D eigenvalue weighted by Crippen LogP contribution is 2.25. The smallest absolute Gasteiger partial charge is 0.223 e. The fraction of sp³-hybridized carbons (Fsp3) is 0.444. The van der Waals surface area contributed by atoms with E-state index in [1.165, 1.54) is 0 Å². The van der Waals surface area contributed by atoms with Crippen molar-refractivity contribution in [3.63, 3.8) is 0 Å². The predicted octanol–water partition coefficient (Wildman–Crippen LogP) is 2.71. The van der Waals surface area contributed by atoms with Gasteiger partial charge in [-0.2, -0.15) is 0 Å². The Morgan fingerprint density at radius 3 is 3.05 bits per heavy atom. The summed E-state index contributed by atoms with van der Waals surface area (Å²) in [5, 5.41) is 13.8. The maximum atomic E-state index is 12.3. The number of pyridine rings is 1. The van der Waals surface area contributed by atoms with E-state index in [2.05, 4.69) is 17.2 Å². The maximum absolute atomic E-state index is 12.3. The van der Waals surface area contributed by atoms with E-state index in [1.54, 1.807) is 6.20 Å². The highest BCUT2D eigenvalue weighted by Gasteiger charge is 2.25. The van der Waals surface area contributed by atoms with E-state index in [4.69, 9.17) is 0 Å². The van der Waals surface area contributed by atoms with E-state index >= 15 is 0 Å². The van der Waals surface area contributed by atoms with Crippen molar-refractivity contribution >= 4 is 16.8 Å². The Labute approximate surface area is 130 Å². The zero-order valence-corrected chi connectivity index (χ0v) is 12.9. The van der Waals surface area contributed by atoms with Crippen LogP contribution < -0.4 is 5.32 Å². The summed E-state index contributed by atoms with van der Waals surface area (Å²) in [5.74, 6) is -0.00352. The van der Waals surface area contributed by atoms with Gasteiger partial charge in [-0.05, 0) is 49.4 Å². The summed E-state index contributed by atoms with van der Waals surface area (Å²) in [7, 11) is 0. The van der Waals surface area contributed by atoms with Crippen LogP contribution >= 0.6 is 0 Å². The SMILES string of the molecule is Cc1ccc2ncccc2c1CNC(=O)[C@H]1CCC[C@H](O)C1. The van der Waals surface area contributed by atoms with Gasteiger partial charge >= 0.3 is 0 Å². The largest absolute Gasteiger partial charge is 0.393 e. The summed E-state index contributed by atoms with van der Waals surface area (Å²) in [6.45, 7) is 2.57. The second-order valence-corrected chi connectivity index (χ2v) is 6.17. The number of hydrogen-bond donors (Lipinski definition) is 2. The lowest BCUT2D eigenvalue weighted by molar-refractivity contribution is -0.127. The zero-order valence-electron chi connectivity index (χ0n) is 12.9. The number of benzene rings is 1. The van der Waals surface area contributed by atoms with Crippen LogP contribution in [0.25, 0.3) is 10.9 Å². The Balaban J connectivity index is 1.73. The molecule has 4 nitrogen and oxygen atoms in total. The molecule has 0 bridgehead atoms. The average molecular weight is 298 g/mol. The van der Waals surface area contributed by atoms with Crippen LogP contribution in [-0.2, 0) is 11.3 Å². The van der Waals surface area contributed by atoms with E-state index in [-0.39, 0.29) is 17.9 Å². The molecule has 1 aliphatic rings. The molecule has 22 heavy (non-hydrogen) atoms. The minimum Gasteiger partial charge on any atom is -0.393 e. The van der Waals surface area contributed by atoms with Gasteiger partial charge < -0.3 is 10.4 Å². The molecule has 2 atom stereocenters. The lowest BCUT2D eigenvalue weighted by Crippen LogP contribution is -2.34. The fourth-order valence-corrected chi connectivity index (χ4v) is 3.28. The van der Waals surface area contributed by atoms with Gasteiger partial charge in [0, 0.05) is 24.0 Å². The molecule has 1 aliphatic carbocycles. The summed E-state index contributed by atoms with van der Waals surface area (Å²) in [5.41, 5.74) is 3.23. The van der Waals surface area contributed by atoms with E-state index in [9.17, 15) is 9.90 Å². The third-order valence-corrected chi connectivity index (χ3v) is 4.59. The maximum Gasteiger partial charge on any atom is 0.223 e. The molecule has 0 radical (unpaired) electrons. The minimum atomic E-state index is -0.326. The number of aromatic nitrogens is 1. The van der Waals surface area contributed by atoms with Crippen LogP contribution in [0.15, 0.2) is 30.5 Å². The summed E-state index contributed by atoms with van der Waals surface area (Å²) in [6, 6.07) is 8.01. The topological polar surface area (TPSA) is 62.2 Å². The van der Waals surface area contributed by atoms with Gasteiger partial charge in [-0.1, -0.05) is 18.6 Å². The van der Waals surface area contributed by atoms with Crippen LogP contribution in [-0.4, -0.2) is 22.1 Å². The number of rotatable bonds is 3. The zero-order chi connectivity index (χ0) is 15.5. The normalized spacial score (nSPS) is 21.7. The molecule has 1 aromatic heterocycles. The molecule has 116 valence electrons. The number of aryl methyl sites for hydroxylation is 1. The highest BCUT2D eigenvalue weighted by molar-refractivity contribution is 5.84. The molecule has 2 N–H and O–H groups in total. The van der Waals surface area contributed by atoms with Gasteiger partial charge in [0.05, 0.1) is 11.6 Å². The van der Waals surface area contributed by atoms with Gasteiger partial charge in [-0.25, -0.2) is 0 Å². The molecular formula is C18H22N2O2. The molecule has 1 amide bonds. The number of hydrogen-bond acceptors (Lipinski definition) is 3. The first kappa shape index (κ1) is 15.0. The molecule has 1 heterocycles. The van der Waals surface area contributed by atoms with Crippen LogP contribution in [0, 0.1) is 12.8 Å². The van der Waals surface area contributed by atoms with Crippen molar-refractivity contribution in [2.75, 3.05) is 0 Å². The lowest BCUT2D eigenvalue weighted by atomic mass is 9.86. The number of carbonyl (C=O) groups is 1. The van der Waals surface area contributed by atoms with Crippen molar-refractivity contribution in [3.05, 3.63) is 41.6 Å². The number of carbonyl (C=O) groups excluding carboxylic acids is 1. The summed E-state index contributed by atoms with van der Waals surface area (Å²) in [4.78, 5) is 16.7. The molecule has 1 saturated carbocycles. The second kappa shape index (κ2) is 6.44. The molecular weight excluding hydrogens is 276 g/mol. The van der Waals surface area contributed by atoms with E-state index in [1.807, 2.05) is 24.3 Å². The standard InChI is InChI=1S/C18H22N2O2/c1-12-7-8-17-15(6-3-9-19-17)16(12)11-20-18(22)13-4-2-5-14(21)10-13/h3,6-9,13-14,21H,2,4-5,10-11H2,1H3,(H,20,22)/t13-,14-/m0/s1. The number of nitrogens with one attached hydrogen (secondary N) is 1. The van der Waals surface area contributed by atoms with Crippen LogP contribution in [0.4, 0.5) is 0 Å². The first-order valence-electron chi connectivity index (χ1n) is 7.94. The van der Waals surface area contributed by atoms with Gasteiger partial charge in [0.2, 0.25) is 5.91 Å². The predicted molar refractivity (Wildman–Crippen MR) is 86.3 cm³/mol. The Bertz CT molecular complexity index is 684. The third kappa shape index (κ3) is 3.12. The van der Waals surface area contributed by atoms with Crippen molar-refractivity contribution < 1.29 is 9.90 Å². The fourth-order valence-electron chi connectivity index (χ4n) is 3.28. The monoisotopic (exact) mass is 298 g/mol. The Kier molecular flexibility index (Phi) is 4.39. The molecule has 3 rings (SSSR count). The number of aliphatic hydroxyl groups is 1. The van der Waals surface area contributed by atoms with Crippen LogP contribution in [0.3, 0.4) is 0 Å². The first-order chi connectivity index (χ1) is 10.6. The van der Waals surface area contributed by atoms with E-state index in [0.29, 0.717) is 13.0 Å². The van der Waals surface area contributed by atoms with Crippen LogP contribution in [0.2, 0.25) is 0 Å². The Hall–Kier alpha value is -1.94. The van der Waals surface area contributed by atoms with Crippen molar-refractivity contribution in [2.45, 2.75) is 45.3 Å². The van der Waals surface area contributed by atoms with Gasteiger partial charge in [0.1, 0.15) is 0 Å². The van der Waals surface area contributed by atoms with Gasteiger partial charge in [0.15, 0.2) is 0 Å². The van der Waals surface area contributed by atoms with E-state index < -0.39 is 0 Å². The second-order valence-electron chi connectivity index (χ2n) is 6.17. The average Bonchev–Trinajstić information content (AvgIpc) is 2.53. The quantitative estimate of drug-likeness (QED) is 0.916. The van der Waals surface area contributed by atoms with Gasteiger partial charge in [-0.15, -0.1) is 0 Å². The van der Waals surface area contributed by atoms with Crippen LogP contribution in [0.5, 0.6) is 0 Å². The Morgan fingerprint density at radius 1 is 1.36 bits per heavy atom. The molecule has 1 fully saturated rings. The number of fused-ring (bicyclic) bond motifs is 1. The van der Waals surface area contributed by atoms with Crippen molar-refractivity contribution in [1.82, 2.24) is 10.3 Å². The molecule has 0 aliphatic heterocycles. The summed E-state index contributed by atoms with van der Waals surface area (Å²) >= 11 is 0. The van der Waals surface area contributed by atoms with Gasteiger partial charge in [0.25, 0.3) is 0 Å². The molecule has 0 spiro atoms. The lowest BCUT2D eigenvalue weighted by Gasteiger charge is -2.25. The number of amides is 1. The number of nitrogens with zero attached hydrogens (tertiary/aromatic N) is 1. The van der Waals surface area contributed by atoms with Crippen molar-refractivity contribution in [2.24, 2.45) is 5.92 Å². The Morgan fingerprint density at radius 2 is 2.23 bits per heavy atom.